The zero-order valence-electron chi connectivity index (χ0n) is 11.0. The second-order valence-electron chi connectivity index (χ2n) is 4.50. The molecule has 1 aliphatic rings. The van der Waals surface area contributed by atoms with E-state index in [0.29, 0.717) is 0 Å². The van der Waals surface area contributed by atoms with Gasteiger partial charge < -0.3 is 0 Å². The number of rotatable bonds is 3. The maximum absolute atomic E-state index is 2.44. The first-order chi connectivity index (χ1) is 6.79. The lowest BCUT2D eigenvalue weighted by atomic mass is 9.71. The minimum atomic E-state index is 0.968. The maximum Gasteiger partial charge on any atom is -0.0360 e. The van der Waals surface area contributed by atoms with E-state index in [2.05, 4.69) is 20.8 Å². The molecule has 0 saturated heterocycles. The van der Waals surface area contributed by atoms with Gasteiger partial charge in [0.15, 0.2) is 0 Å². The molecule has 1 aliphatic carbocycles. The lowest BCUT2D eigenvalue weighted by Gasteiger charge is -2.34. The van der Waals surface area contributed by atoms with Crippen LogP contribution in [-0.4, -0.2) is 0 Å². The third kappa shape index (κ3) is 4.02. The van der Waals surface area contributed by atoms with Crippen LogP contribution in [0.5, 0.6) is 0 Å². The monoisotopic (exact) mass is 198 g/mol. The summed E-state index contributed by atoms with van der Waals surface area (Å²) in [6, 6.07) is 0. The van der Waals surface area contributed by atoms with Gasteiger partial charge in [-0.3, -0.25) is 0 Å². The van der Waals surface area contributed by atoms with Crippen molar-refractivity contribution >= 4 is 0 Å². The molecule has 1 saturated carbocycles. The summed E-state index contributed by atoms with van der Waals surface area (Å²) in [5, 5.41) is 0. The van der Waals surface area contributed by atoms with Gasteiger partial charge in [-0.15, -0.1) is 0 Å². The molecule has 86 valence electrons. The van der Waals surface area contributed by atoms with Crippen LogP contribution in [0.1, 0.15) is 73.1 Å². The van der Waals surface area contributed by atoms with Crippen molar-refractivity contribution in [2.24, 2.45) is 17.8 Å². The second-order valence-corrected chi connectivity index (χ2v) is 4.50. The molecule has 0 nitrogen and oxygen atoms in total. The van der Waals surface area contributed by atoms with Crippen molar-refractivity contribution in [2.45, 2.75) is 73.1 Å². The van der Waals surface area contributed by atoms with Gasteiger partial charge in [0.25, 0.3) is 0 Å². The van der Waals surface area contributed by atoms with Crippen molar-refractivity contribution in [1.82, 2.24) is 0 Å². The van der Waals surface area contributed by atoms with Crippen molar-refractivity contribution in [3.8, 4) is 0 Å². The summed E-state index contributed by atoms with van der Waals surface area (Å²) < 4.78 is 0. The predicted molar refractivity (Wildman–Crippen MR) is 66.5 cm³/mol. The fourth-order valence-electron chi connectivity index (χ4n) is 2.80. The first-order valence-corrected chi connectivity index (χ1v) is 6.79. The van der Waals surface area contributed by atoms with E-state index in [9.17, 15) is 0 Å². The van der Waals surface area contributed by atoms with Crippen molar-refractivity contribution < 1.29 is 0 Å². The molecule has 0 N–H and O–H groups in total. The highest BCUT2D eigenvalue weighted by molar-refractivity contribution is 4.77. The Balaban J connectivity index is 0.000000791. The molecular weight excluding hydrogens is 168 g/mol. The Morgan fingerprint density at radius 1 is 1.07 bits per heavy atom. The van der Waals surface area contributed by atoms with Gasteiger partial charge in [0.1, 0.15) is 0 Å². The Morgan fingerprint density at radius 3 is 2.14 bits per heavy atom. The van der Waals surface area contributed by atoms with Crippen LogP contribution in [0.2, 0.25) is 0 Å². The topological polar surface area (TPSA) is 0 Å². The highest BCUT2D eigenvalue weighted by Gasteiger charge is 2.26. The van der Waals surface area contributed by atoms with Gasteiger partial charge in [-0.2, -0.15) is 0 Å². The van der Waals surface area contributed by atoms with Crippen LogP contribution in [0.4, 0.5) is 0 Å². The van der Waals surface area contributed by atoms with E-state index in [1.807, 2.05) is 13.8 Å². The van der Waals surface area contributed by atoms with E-state index < -0.39 is 0 Å². The van der Waals surface area contributed by atoms with E-state index in [-0.39, 0.29) is 0 Å². The first kappa shape index (κ1) is 14.0. The van der Waals surface area contributed by atoms with Gasteiger partial charge >= 0.3 is 0 Å². The summed E-state index contributed by atoms with van der Waals surface area (Å²) >= 11 is 0. The average molecular weight is 198 g/mol. The number of hydrogen-bond acceptors (Lipinski definition) is 0. The zero-order chi connectivity index (χ0) is 11.0. The molecule has 3 atom stereocenters. The summed E-state index contributed by atoms with van der Waals surface area (Å²) in [7, 11) is 0. The van der Waals surface area contributed by atoms with Crippen LogP contribution >= 0.6 is 0 Å². The molecule has 1 unspecified atom stereocenters. The molecule has 0 radical (unpaired) electrons. The van der Waals surface area contributed by atoms with Gasteiger partial charge in [0.2, 0.25) is 0 Å². The van der Waals surface area contributed by atoms with Crippen molar-refractivity contribution in [1.29, 1.82) is 0 Å². The van der Waals surface area contributed by atoms with Crippen molar-refractivity contribution in [3.05, 3.63) is 0 Å². The molecule has 0 spiro atoms. The molecule has 0 aromatic carbocycles. The van der Waals surface area contributed by atoms with Gasteiger partial charge in [0, 0.05) is 0 Å². The first-order valence-electron chi connectivity index (χ1n) is 6.79. The number of hydrogen-bond donors (Lipinski definition) is 0. The SMILES string of the molecule is CC.CC[C@@H]1CCCCC1[C@@H](C)CC. The third-order valence-corrected chi connectivity index (χ3v) is 3.87. The van der Waals surface area contributed by atoms with E-state index in [1.54, 1.807) is 0 Å². The summed E-state index contributed by atoms with van der Waals surface area (Å²) in [5.41, 5.74) is 0. The Bertz CT molecular complexity index is 117. The summed E-state index contributed by atoms with van der Waals surface area (Å²) in [4.78, 5) is 0. The summed E-state index contributed by atoms with van der Waals surface area (Å²) in [5.74, 6) is 3.07. The van der Waals surface area contributed by atoms with Crippen LogP contribution in [-0.2, 0) is 0 Å². The molecule has 0 aliphatic heterocycles. The van der Waals surface area contributed by atoms with Gasteiger partial charge in [0.05, 0.1) is 0 Å². The zero-order valence-corrected chi connectivity index (χ0v) is 11.0. The van der Waals surface area contributed by atoms with Crippen LogP contribution in [0.15, 0.2) is 0 Å². The standard InChI is InChI=1S/C12H24.C2H6/c1-4-10(3)12-9-7-6-8-11(12)5-2;1-2/h10-12H,4-9H2,1-3H3;1-2H3/t10-,11+,12?;/m0./s1. The van der Waals surface area contributed by atoms with Gasteiger partial charge in [-0.25, -0.2) is 0 Å². The van der Waals surface area contributed by atoms with Crippen LogP contribution in [0.3, 0.4) is 0 Å². The Labute approximate surface area is 91.5 Å². The fourth-order valence-corrected chi connectivity index (χ4v) is 2.80. The summed E-state index contributed by atoms with van der Waals surface area (Å²) in [6.45, 7) is 11.1. The smallest absolute Gasteiger partial charge is 0.0360 e. The van der Waals surface area contributed by atoms with Crippen molar-refractivity contribution in [3.63, 3.8) is 0 Å². The normalized spacial score (nSPS) is 28.9. The van der Waals surface area contributed by atoms with Crippen molar-refractivity contribution in [2.75, 3.05) is 0 Å². The minimum absolute atomic E-state index is 0.968. The quantitative estimate of drug-likeness (QED) is 0.579. The lowest BCUT2D eigenvalue weighted by Crippen LogP contribution is -2.24. The van der Waals surface area contributed by atoms with Crippen LogP contribution in [0, 0.1) is 17.8 Å². The van der Waals surface area contributed by atoms with E-state index in [1.165, 1.54) is 38.5 Å². The molecule has 0 aromatic rings. The molecule has 0 heteroatoms. The predicted octanol–water partition coefficient (Wildman–Crippen LogP) is 5.28. The highest BCUT2D eigenvalue weighted by atomic mass is 14.3. The second kappa shape index (κ2) is 8.32. The molecule has 0 bridgehead atoms. The maximum atomic E-state index is 2.44. The Hall–Kier alpha value is 0. The van der Waals surface area contributed by atoms with E-state index >= 15 is 0 Å². The molecule has 0 heterocycles. The molecule has 14 heavy (non-hydrogen) atoms. The largest absolute Gasteiger partial charge is 0.0683 e. The van der Waals surface area contributed by atoms with E-state index in [0.717, 1.165) is 17.8 Å². The van der Waals surface area contributed by atoms with Crippen LogP contribution < -0.4 is 0 Å². The van der Waals surface area contributed by atoms with E-state index in [4.69, 9.17) is 0 Å². The molecule has 1 fully saturated rings. The lowest BCUT2D eigenvalue weighted by molar-refractivity contribution is 0.162. The molecule has 0 aromatic heterocycles. The van der Waals surface area contributed by atoms with Crippen LogP contribution in [0.25, 0.3) is 0 Å². The Morgan fingerprint density at radius 2 is 1.64 bits per heavy atom. The molecular formula is C14H30. The molecule has 0 amide bonds. The third-order valence-electron chi connectivity index (χ3n) is 3.87. The van der Waals surface area contributed by atoms with Gasteiger partial charge in [-0.05, 0) is 24.2 Å². The minimum Gasteiger partial charge on any atom is -0.0683 e. The van der Waals surface area contributed by atoms with Gasteiger partial charge in [-0.1, -0.05) is 66.7 Å². The highest BCUT2D eigenvalue weighted by Crippen LogP contribution is 2.37. The average Bonchev–Trinajstić information content (AvgIpc) is 2.30. The Kier molecular flexibility index (Phi) is 8.32. The summed E-state index contributed by atoms with van der Waals surface area (Å²) in [6.07, 6.45) is 8.78. The fraction of sp³-hybridized carbons (Fsp3) is 1.00. The molecule has 1 rings (SSSR count).